The Balaban J connectivity index is 1.76. The molecule has 2 amide bonds. The van der Waals surface area contributed by atoms with Crippen molar-refractivity contribution in [3.05, 3.63) is 29.8 Å². The molecule has 0 bridgehead atoms. The summed E-state index contributed by atoms with van der Waals surface area (Å²) in [6.45, 7) is 7.63. The maximum Gasteiger partial charge on any atom is 0.317 e. The van der Waals surface area contributed by atoms with Crippen LogP contribution in [0, 0.1) is 5.92 Å². The third-order valence-corrected chi connectivity index (χ3v) is 4.51. The van der Waals surface area contributed by atoms with Crippen molar-refractivity contribution in [2.24, 2.45) is 5.92 Å². The largest absolute Gasteiger partial charge is 0.493 e. The van der Waals surface area contributed by atoms with Crippen molar-refractivity contribution in [3.63, 3.8) is 0 Å². The summed E-state index contributed by atoms with van der Waals surface area (Å²) in [5.74, 6) is 1.39. The highest BCUT2D eigenvalue weighted by molar-refractivity contribution is 5.74. The fourth-order valence-electron chi connectivity index (χ4n) is 2.82. The summed E-state index contributed by atoms with van der Waals surface area (Å²) in [6, 6.07) is 8.28. The van der Waals surface area contributed by atoms with Crippen molar-refractivity contribution in [2.45, 2.75) is 39.3 Å². The van der Waals surface area contributed by atoms with Crippen LogP contribution in [-0.4, -0.2) is 55.7 Å². The van der Waals surface area contributed by atoms with Crippen LogP contribution < -0.4 is 10.1 Å². The van der Waals surface area contributed by atoms with E-state index in [9.17, 15) is 4.79 Å². The van der Waals surface area contributed by atoms with Crippen LogP contribution in [-0.2, 0) is 6.54 Å². The molecular weight excluding hydrogens is 302 g/mol. The van der Waals surface area contributed by atoms with Gasteiger partial charge in [-0.15, -0.1) is 0 Å². The highest BCUT2D eigenvalue weighted by atomic mass is 16.5. The van der Waals surface area contributed by atoms with Crippen LogP contribution >= 0.6 is 0 Å². The number of ether oxygens (including phenoxy) is 1. The molecular formula is C19H31N3O2. The van der Waals surface area contributed by atoms with Gasteiger partial charge in [0, 0.05) is 19.6 Å². The summed E-state index contributed by atoms with van der Waals surface area (Å²) in [4.78, 5) is 16.5. The summed E-state index contributed by atoms with van der Waals surface area (Å²) in [7, 11) is 4.03. The molecule has 1 N–H and O–H groups in total. The van der Waals surface area contributed by atoms with Crippen molar-refractivity contribution in [3.8, 4) is 5.75 Å². The molecule has 24 heavy (non-hydrogen) atoms. The Hall–Kier alpha value is -1.75. The maximum atomic E-state index is 12.3. The van der Waals surface area contributed by atoms with Gasteiger partial charge in [0.25, 0.3) is 0 Å². The first-order valence-electron chi connectivity index (χ1n) is 8.86. The number of urea groups is 1. The molecule has 0 spiro atoms. The van der Waals surface area contributed by atoms with Gasteiger partial charge >= 0.3 is 6.03 Å². The molecule has 1 saturated heterocycles. The lowest BCUT2D eigenvalue weighted by molar-refractivity contribution is 0.147. The molecule has 0 saturated carbocycles. The first-order chi connectivity index (χ1) is 11.5. The van der Waals surface area contributed by atoms with Crippen LogP contribution in [0.2, 0.25) is 0 Å². The van der Waals surface area contributed by atoms with E-state index in [-0.39, 0.29) is 6.03 Å². The number of hydrogen-bond donors (Lipinski definition) is 1. The van der Waals surface area contributed by atoms with Gasteiger partial charge in [0.15, 0.2) is 0 Å². The highest BCUT2D eigenvalue weighted by Crippen LogP contribution is 2.15. The molecule has 1 aromatic rings. The van der Waals surface area contributed by atoms with E-state index in [1.165, 1.54) is 0 Å². The zero-order valence-corrected chi connectivity index (χ0v) is 15.4. The number of hydrogen-bond acceptors (Lipinski definition) is 3. The van der Waals surface area contributed by atoms with Crippen LogP contribution in [0.5, 0.6) is 5.75 Å². The molecule has 1 aromatic carbocycles. The van der Waals surface area contributed by atoms with E-state index in [2.05, 4.69) is 31.1 Å². The van der Waals surface area contributed by atoms with E-state index in [1.54, 1.807) is 0 Å². The number of amides is 2. The van der Waals surface area contributed by atoms with Gasteiger partial charge < -0.3 is 19.9 Å². The molecule has 1 fully saturated rings. The molecule has 2 rings (SSSR count). The van der Waals surface area contributed by atoms with Crippen molar-refractivity contribution in [1.82, 2.24) is 15.1 Å². The fraction of sp³-hybridized carbons (Fsp3) is 0.632. The van der Waals surface area contributed by atoms with E-state index < -0.39 is 0 Å². The minimum atomic E-state index is 0.00434. The lowest BCUT2D eigenvalue weighted by atomic mass is 10.0. The molecule has 0 aliphatic carbocycles. The van der Waals surface area contributed by atoms with Gasteiger partial charge in [-0.05, 0) is 56.6 Å². The zero-order valence-electron chi connectivity index (χ0n) is 15.4. The summed E-state index contributed by atoms with van der Waals surface area (Å²) >= 11 is 0. The molecule has 5 heteroatoms. The summed E-state index contributed by atoms with van der Waals surface area (Å²) in [5.41, 5.74) is 1.08. The molecule has 1 aliphatic rings. The molecule has 1 aliphatic heterocycles. The van der Waals surface area contributed by atoms with Gasteiger partial charge in [-0.2, -0.15) is 0 Å². The number of carbonyl (C=O) groups excluding carboxylic acids is 1. The van der Waals surface area contributed by atoms with Gasteiger partial charge in [-0.3, -0.25) is 0 Å². The number of nitrogens with one attached hydrogen (secondary N) is 1. The third kappa shape index (κ3) is 5.71. The first kappa shape index (κ1) is 18.6. The zero-order chi connectivity index (χ0) is 17.5. The van der Waals surface area contributed by atoms with Crippen molar-refractivity contribution in [1.29, 1.82) is 0 Å². The van der Waals surface area contributed by atoms with Gasteiger partial charge in [0.1, 0.15) is 5.75 Å². The molecule has 0 unspecified atom stereocenters. The Kier molecular flexibility index (Phi) is 6.91. The highest BCUT2D eigenvalue weighted by Gasteiger charge is 2.23. The van der Waals surface area contributed by atoms with Gasteiger partial charge in [0.05, 0.1) is 6.61 Å². The molecule has 134 valence electrons. The van der Waals surface area contributed by atoms with Crippen LogP contribution in [0.25, 0.3) is 0 Å². The monoisotopic (exact) mass is 333 g/mol. The second kappa shape index (κ2) is 8.92. The SMILES string of the molecule is CC(C)COc1ccc(CNC(=O)N(C)C2CCN(C)CC2)cc1. The van der Waals surface area contributed by atoms with Crippen molar-refractivity contribution < 1.29 is 9.53 Å². The summed E-state index contributed by atoms with van der Waals surface area (Å²) in [6.07, 6.45) is 2.09. The Bertz CT molecular complexity index is 508. The van der Waals surface area contributed by atoms with Crippen LogP contribution in [0.3, 0.4) is 0 Å². The number of benzene rings is 1. The van der Waals surface area contributed by atoms with E-state index in [1.807, 2.05) is 36.2 Å². The van der Waals surface area contributed by atoms with E-state index in [0.29, 0.717) is 18.5 Å². The van der Waals surface area contributed by atoms with Crippen LogP contribution in [0.15, 0.2) is 24.3 Å². The van der Waals surface area contributed by atoms with Crippen LogP contribution in [0.4, 0.5) is 4.79 Å². The van der Waals surface area contributed by atoms with Crippen LogP contribution in [0.1, 0.15) is 32.3 Å². The predicted octanol–water partition coefficient (Wildman–Crippen LogP) is 2.96. The molecule has 5 nitrogen and oxygen atoms in total. The second-order valence-electron chi connectivity index (χ2n) is 7.15. The Morgan fingerprint density at radius 1 is 1.29 bits per heavy atom. The molecule has 0 aromatic heterocycles. The number of rotatable bonds is 6. The average molecular weight is 333 g/mol. The second-order valence-corrected chi connectivity index (χ2v) is 7.15. The Morgan fingerprint density at radius 3 is 2.50 bits per heavy atom. The lowest BCUT2D eigenvalue weighted by Crippen LogP contribution is -2.47. The number of piperidine rings is 1. The van der Waals surface area contributed by atoms with Crippen molar-refractivity contribution >= 4 is 6.03 Å². The third-order valence-electron chi connectivity index (χ3n) is 4.51. The summed E-state index contributed by atoms with van der Waals surface area (Å²) < 4.78 is 5.67. The minimum Gasteiger partial charge on any atom is -0.493 e. The lowest BCUT2D eigenvalue weighted by Gasteiger charge is -2.35. The Morgan fingerprint density at radius 2 is 1.92 bits per heavy atom. The normalized spacial score (nSPS) is 16.2. The van der Waals surface area contributed by atoms with Gasteiger partial charge in [0.2, 0.25) is 0 Å². The van der Waals surface area contributed by atoms with Gasteiger partial charge in [-0.1, -0.05) is 26.0 Å². The van der Waals surface area contributed by atoms with Gasteiger partial charge in [-0.25, -0.2) is 4.79 Å². The Labute approximate surface area is 146 Å². The average Bonchev–Trinajstić information content (AvgIpc) is 2.58. The topological polar surface area (TPSA) is 44.8 Å². The number of likely N-dealkylation sites (tertiary alicyclic amines) is 1. The minimum absolute atomic E-state index is 0.00434. The predicted molar refractivity (Wildman–Crippen MR) is 97.3 cm³/mol. The standard InChI is InChI=1S/C19H31N3O2/c1-15(2)14-24-18-7-5-16(6-8-18)13-20-19(23)22(4)17-9-11-21(3)12-10-17/h5-8,15,17H,9-14H2,1-4H3,(H,20,23). The fourth-order valence-corrected chi connectivity index (χ4v) is 2.82. The smallest absolute Gasteiger partial charge is 0.317 e. The molecule has 1 heterocycles. The molecule has 0 radical (unpaired) electrons. The first-order valence-corrected chi connectivity index (χ1v) is 8.86. The number of carbonyl (C=O) groups is 1. The molecule has 0 atom stereocenters. The van der Waals surface area contributed by atoms with E-state index in [0.717, 1.165) is 43.9 Å². The van der Waals surface area contributed by atoms with Crippen molar-refractivity contribution in [2.75, 3.05) is 33.8 Å². The van der Waals surface area contributed by atoms with E-state index >= 15 is 0 Å². The van der Waals surface area contributed by atoms with E-state index in [4.69, 9.17) is 4.74 Å². The quantitative estimate of drug-likeness (QED) is 0.870. The summed E-state index contributed by atoms with van der Waals surface area (Å²) in [5, 5.41) is 3.01. The number of nitrogens with zero attached hydrogens (tertiary/aromatic N) is 2. The maximum absolute atomic E-state index is 12.3.